The van der Waals surface area contributed by atoms with Gasteiger partial charge in [-0.05, 0) is 43.0 Å². The Morgan fingerprint density at radius 2 is 2.11 bits per heavy atom. The number of hydrogen-bond acceptors (Lipinski definition) is 4. The zero-order chi connectivity index (χ0) is 13.7. The fourth-order valence-corrected chi connectivity index (χ4v) is 2.63. The van der Waals surface area contributed by atoms with Crippen LogP contribution in [0.2, 0.25) is 0 Å². The number of carbonyl (C=O) groups is 1. The predicted octanol–water partition coefficient (Wildman–Crippen LogP) is 3.85. The zero-order valence-corrected chi connectivity index (χ0v) is 11.9. The van der Waals surface area contributed by atoms with Gasteiger partial charge in [-0.1, -0.05) is 12.1 Å². The van der Waals surface area contributed by atoms with Crippen molar-refractivity contribution in [2.75, 3.05) is 11.9 Å². The molecule has 0 amide bonds. The molecule has 19 heavy (non-hydrogen) atoms. The molecule has 0 radical (unpaired) electrons. The van der Waals surface area contributed by atoms with E-state index >= 15 is 0 Å². The number of rotatable bonds is 5. The number of carbonyl (C=O) groups excluding carboxylic acids is 1. The van der Waals surface area contributed by atoms with Gasteiger partial charge in [0.05, 0.1) is 12.2 Å². The molecule has 3 nitrogen and oxygen atoms in total. The van der Waals surface area contributed by atoms with Crippen LogP contribution in [0.15, 0.2) is 35.7 Å². The number of benzene rings is 1. The second-order valence-corrected chi connectivity index (χ2v) is 5.15. The molecule has 2 rings (SSSR count). The maximum Gasteiger partial charge on any atom is 0.340 e. The van der Waals surface area contributed by atoms with Crippen LogP contribution in [-0.2, 0) is 11.3 Å². The number of aryl methyl sites for hydroxylation is 1. The molecule has 0 aliphatic carbocycles. The summed E-state index contributed by atoms with van der Waals surface area (Å²) in [6, 6.07) is 9.52. The SMILES string of the molecule is CCOC(=O)c1ccccc1NCc1sccc1C. The lowest BCUT2D eigenvalue weighted by Crippen LogP contribution is -2.09. The molecule has 1 aromatic carbocycles. The van der Waals surface area contributed by atoms with E-state index in [2.05, 4.69) is 23.7 Å². The van der Waals surface area contributed by atoms with Crippen LogP contribution in [0, 0.1) is 6.92 Å². The van der Waals surface area contributed by atoms with Crippen LogP contribution in [-0.4, -0.2) is 12.6 Å². The molecule has 100 valence electrons. The van der Waals surface area contributed by atoms with E-state index in [9.17, 15) is 4.79 Å². The van der Waals surface area contributed by atoms with E-state index in [1.807, 2.05) is 25.1 Å². The maximum absolute atomic E-state index is 11.8. The van der Waals surface area contributed by atoms with Crippen LogP contribution >= 0.6 is 11.3 Å². The summed E-state index contributed by atoms with van der Waals surface area (Å²) in [6.45, 7) is 5.00. The Bertz CT molecular complexity index is 563. The molecular formula is C15H17NO2S. The summed E-state index contributed by atoms with van der Waals surface area (Å²) in [6.07, 6.45) is 0. The molecule has 2 aromatic rings. The van der Waals surface area contributed by atoms with Gasteiger partial charge in [0, 0.05) is 17.1 Å². The Hall–Kier alpha value is -1.81. The Morgan fingerprint density at radius 3 is 2.79 bits per heavy atom. The van der Waals surface area contributed by atoms with Crippen molar-refractivity contribution in [3.63, 3.8) is 0 Å². The highest BCUT2D eigenvalue weighted by Crippen LogP contribution is 2.20. The number of nitrogens with one attached hydrogen (secondary N) is 1. The van der Waals surface area contributed by atoms with E-state index < -0.39 is 0 Å². The summed E-state index contributed by atoms with van der Waals surface area (Å²) >= 11 is 1.71. The van der Waals surface area contributed by atoms with Crippen LogP contribution in [0.1, 0.15) is 27.7 Å². The van der Waals surface area contributed by atoms with Crippen LogP contribution in [0.25, 0.3) is 0 Å². The van der Waals surface area contributed by atoms with E-state index in [0.717, 1.165) is 12.2 Å². The lowest BCUT2D eigenvalue weighted by atomic mass is 10.1. The Kier molecular flexibility index (Phi) is 4.58. The van der Waals surface area contributed by atoms with E-state index in [1.165, 1.54) is 10.4 Å². The highest BCUT2D eigenvalue weighted by atomic mass is 32.1. The van der Waals surface area contributed by atoms with Crippen molar-refractivity contribution in [2.24, 2.45) is 0 Å². The lowest BCUT2D eigenvalue weighted by molar-refractivity contribution is 0.0527. The second-order valence-electron chi connectivity index (χ2n) is 4.15. The largest absolute Gasteiger partial charge is 0.462 e. The van der Waals surface area contributed by atoms with Crippen LogP contribution in [0.3, 0.4) is 0 Å². The molecular weight excluding hydrogens is 258 g/mol. The van der Waals surface area contributed by atoms with E-state index in [-0.39, 0.29) is 5.97 Å². The van der Waals surface area contributed by atoms with Gasteiger partial charge in [0.25, 0.3) is 0 Å². The molecule has 0 aliphatic heterocycles. The van der Waals surface area contributed by atoms with Gasteiger partial charge in [-0.3, -0.25) is 0 Å². The molecule has 4 heteroatoms. The van der Waals surface area contributed by atoms with Gasteiger partial charge in [0.2, 0.25) is 0 Å². The van der Waals surface area contributed by atoms with Crippen molar-refractivity contribution in [3.05, 3.63) is 51.7 Å². The molecule has 0 unspecified atom stereocenters. The fraction of sp³-hybridized carbons (Fsp3) is 0.267. The Morgan fingerprint density at radius 1 is 1.32 bits per heavy atom. The second kappa shape index (κ2) is 6.38. The number of para-hydroxylation sites is 1. The van der Waals surface area contributed by atoms with Gasteiger partial charge in [0.1, 0.15) is 0 Å². The van der Waals surface area contributed by atoms with Crippen LogP contribution in [0.4, 0.5) is 5.69 Å². The third-order valence-electron chi connectivity index (χ3n) is 2.83. The average Bonchev–Trinajstić information content (AvgIpc) is 2.82. The normalized spacial score (nSPS) is 10.2. The standard InChI is InChI=1S/C15H17NO2S/c1-3-18-15(17)12-6-4-5-7-13(12)16-10-14-11(2)8-9-19-14/h4-9,16H,3,10H2,1-2H3. The third-order valence-corrected chi connectivity index (χ3v) is 3.85. The number of hydrogen-bond donors (Lipinski definition) is 1. The van der Waals surface area contributed by atoms with Crippen molar-refractivity contribution < 1.29 is 9.53 Å². The summed E-state index contributed by atoms with van der Waals surface area (Å²) in [5.74, 6) is -0.284. The summed E-state index contributed by atoms with van der Waals surface area (Å²) in [5.41, 5.74) is 2.67. The lowest BCUT2D eigenvalue weighted by Gasteiger charge is -2.11. The summed E-state index contributed by atoms with van der Waals surface area (Å²) in [4.78, 5) is 13.1. The van der Waals surface area contributed by atoms with Gasteiger partial charge in [-0.15, -0.1) is 11.3 Å². The quantitative estimate of drug-likeness (QED) is 0.842. The number of ether oxygens (including phenoxy) is 1. The summed E-state index contributed by atoms with van der Waals surface area (Å²) < 4.78 is 5.05. The smallest absolute Gasteiger partial charge is 0.340 e. The molecule has 0 bridgehead atoms. The van der Waals surface area contributed by atoms with Gasteiger partial charge in [-0.25, -0.2) is 4.79 Å². The van der Waals surface area contributed by atoms with Crippen molar-refractivity contribution in [1.82, 2.24) is 0 Å². The first kappa shape index (κ1) is 13.6. The first-order chi connectivity index (χ1) is 9.22. The minimum absolute atomic E-state index is 0.284. The number of esters is 1. The molecule has 1 aromatic heterocycles. The van der Waals surface area contributed by atoms with E-state index in [1.54, 1.807) is 17.4 Å². The van der Waals surface area contributed by atoms with Gasteiger partial charge < -0.3 is 10.1 Å². The number of anilines is 1. The molecule has 0 spiro atoms. The molecule has 1 heterocycles. The minimum atomic E-state index is -0.284. The molecule has 0 saturated heterocycles. The maximum atomic E-state index is 11.8. The highest BCUT2D eigenvalue weighted by molar-refractivity contribution is 7.10. The van der Waals surface area contributed by atoms with E-state index in [0.29, 0.717) is 12.2 Å². The zero-order valence-electron chi connectivity index (χ0n) is 11.1. The first-order valence-electron chi connectivity index (χ1n) is 6.25. The monoisotopic (exact) mass is 275 g/mol. The van der Waals surface area contributed by atoms with Crippen molar-refractivity contribution >= 4 is 23.0 Å². The molecule has 0 atom stereocenters. The molecule has 0 fully saturated rings. The van der Waals surface area contributed by atoms with Crippen LogP contribution in [0.5, 0.6) is 0 Å². The minimum Gasteiger partial charge on any atom is -0.462 e. The van der Waals surface area contributed by atoms with Gasteiger partial charge in [-0.2, -0.15) is 0 Å². The van der Waals surface area contributed by atoms with Gasteiger partial charge in [0.15, 0.2) is 0 Å². The van der Waals surface area contributed by atoms with E-state index in [4.69, 9.17) is 4.74 Å². The van der Waals surface area contributed by atoms with Crippen molar-refractivity contribution in [3.8, 4) is 0 Å². The highest BCUT2D eigenvalue weighted by Gasteiger charge is 2.11. The first-order valence-corrected chi connectivity index (χ1v) is 7.13. The summed E-state index contributed by atoms with van der Waals surface area (Å²) in [7, 11) is 0. The predicted molar refractivity (Wildman–Crippen MR) is 78.8 cm³/mol. The van der Waals surface area contributed by atoms with Crippen molar-refractivity contribution in [2.45, 2.75) is 20.4 Å². The molecule has 1 N–H and O–H groups in total. The molecule has 0 saturated carbocycles. The van der Waals surface area contributed by atoms with Gasteiger partial charge >= 0.3 is 5.97 Å². The fourth-order valence-electron chi connectivity index (χ4n) is 1.78. The van der Waals surface area contributed by atoms with Crippen molar-refractivity contribution in [1.29, 1.82) is 0 Å². The molecule has 0 aliphatic rings. The Labute approximate surface area is 117 Å². The number of thiophene rings is 1. The topological polar surface area (TPSA) is 38.3 Å². The summed E-state index contributed by atoms with van der Waals surface area (Å²) in [5, 5.41) is 5.38. The Balaban J connectivity index is 2.12. The van der Waals surface area contributed by atoms with Crippen LogP contribution < -0.4 is 5.32 Å². The third kappa shape index (κ3) is 3.35. The average molecular weight is 275 g/mol.